The molecule has 0 radical (unpaired) electrons. The van der Waals surface area contributed by atoms with Crippen LogP contribution in [0.4, 0.5) is 0 Å². The van der Waals surface area contributed by atoms with Crippen molar-refractivity contribution in [2.24, 2.45) is 0 Å². The quantitative estimate of drug-likeness (QED) is 0.735. The van der Waals surface area contributed by atoms with Crippen molar-refractivity contribution >= 4 is 34.8 Å². The van der Waals surface area contributed by atoms with Crippen LogP contribution in [-0.4, -0.2) is 18.2 Å². The second-order valence-corrected chi connectivity index (χ2v) is 6.46. The summed E-state index contributed by atoms with van der Waals surface area (Å²) >= 11 is 3.39. The lowest BCUT2D eigenvalue weighted by Gasteiger charge is -2.03. The highest BCUT2D eigenvalue weighted by Crippen LogP contribution is 2.18. The summed E-state index contributed by atoms with van der Waals surface area (Å²) in [7, 11) is 0. The first-order valence-electron chi connectivity index (χ1n) is 5.01. The zero-order valence-electron chi connectivity index (χ0n) is 8.70. The fraction of sp³-hybridized carbons (Fsp3) is 0.0769. The Morgan fingerprint density at radius 1 is 0.800 bits per heavy atom. The van der Waals surface area contributed by atoms with E-state index in [0.29, 0.717) is 0 Å². The van der Waals surface area contributed by atoms with Gasteiger partial charge in [0, 0.05) is 0 Å². The topological polar surface area (TPSA) is 0 Å². The molecule has 0 saturated heterocycles. The van der Waals surface area contributed by atoms with E-state index in [1.165, 1.54) is 20.4 Å². The summed E-state index contributed by atoms with van der Waals surface area (Å²) in [6, 6.07) is 17.5. The second kappa shape index (κ2) is 5.15. The molecule has 2 aromatic carbocycles. The molecule has 0 aliphatic heterocycles. The van der Waals surface area contributed by atoms with Crippen molar-refractivity contribution in [3.8, 4) is 11.1 Å². The van der Waals surface area contributed by atoms with Gasteiger partial charge in [-0.05, 0) is 18.1 Å². The fourth-order valence-electron chi connectivity index (χ4n) is 1.53. The molecule has 2 rings (SSSR count). The van der Waals surface area contributed by atoms with Gasteiger partial charge in [-0.25, -0.2) is 0 Å². The molecule has 0 unspecified atom stereocenters. The number of rotatable bonds is 2. The summed E-state index contributed by atoms with van der Waals surface area (Å²) in [5.41, 5.74) is 3.90. The van der Waals surface area contributed by atoms with Crippen LogP contribution in [0.15, 0.2) is 48.5 Å². The van der Waals surface area contributed by atoms with Crippen molar-refractivity contribution in [2.45, 2.75) is 6.92 Å². The molecule has 0 bridgehead atoms. The van der Waals surface area contributed by atoms with Crippen LogP contribution in [-0.2, 0) is 0 Å². The highest BCUT2D eigenvalue weighted by Gasteiger charge is 1.98. The Hall–Kier alpha value is -0.314. The van der Waals surface area contributed by atoms with Gasteiger partial charge >= 0.3 is 18.2 Å². The van der Waals surface area contributed by atoms with Gasteiger partial charge in [-0.15, -0.1) is 0 Å². The third-order valence-corrected chi connectivity index (χ3v) is 5.22. The average Bonchev–Trinajstić information content (AvgIpc) is 2.30. The predicted molar refractivity (Wildman–Crippen MR) is 70.9 cm³/mol. The Bertz CT molecular complexity index is 431. The van der Waals surface area contributed by atoms with E-state index in [0.717, 1.165) is 0 Å². The van der Waals surface area contributed by atoms with Crippen LogP contribution in [0.1, 0.15) is 5.56 Å². The van der Waals surface area contributed by atoms with E-state index in [-0.39, 0.29) is 18.2 Å². The molecule has 0 saturated carbocycles. The van der Waals surface area contributed by atoms with Crippen LogP contribution in [0.2, 0.25) is 0 Å². The second-order valence-electron chi connectivity index (χ2n) is 3.70. The predicted octanol–water partition coefficient (Wildman–Crippen LogP) is 3.30. The van der Waals surface area contributed by atoms with Crippen LogP contribution >= 0.6 is 12.9 Å². The van der Waals surface area contributed by atoms with Crippen LogP contribution in [0.25, 0.3) is 11.1 Å². The van der Waals surface area contributed by atoms with Gasteiger partial charge in [-0.3, -0.25) is 12.9 Å². The Labute approximate surface area is 106 Å². The maximum absolute atomic E-state index is 3.59. The number of benzene rings is 2. The third kappa shape index (κ3) is 2.83. The lowest BCUT2D eigenvalue weighted by molar-refractivity contribution is 1.47. The van der Waals surface area contributed by atoms with Gasteiger partial charge in [0.25, 0.3) is 0 Å². The number of aryl methyl sites for hydroxylation is 1. The number of halogens is 1. The van der Waals surface area contributed by atoms with Gasteiger partial charge in [0.2, 0.25) is 0 Å². The highest BCUT2D eigenvalue weighted by molar-refractivity contribution is 9.23. The summed E-state index contributed by atoms with van der Waals surface area (Å²) in [5.74, 6) is 0. The molecule has 2 heteroatoms. The van der Waals surface area contributed by atoms with E-state index in [4.69, 9.17) is 0 Å². The molecule has 0 aliphatic carbocycles. The maximum Gasteiger partial charge on any atom is 0.506 e. The molecule has 0 atom stereocenters. The van der Waals surface area contributed by atoms with Crippen LogP contribution in [0.5, 0.6) is 0 Å². The van der Waals surface area contributed by atoms with Crippen LogP contribution < -0.4 is 3.69 Å². The molecule has 0 nitrogen and oxygen atoms in total. The summed E-state index contributed by atoms with van der Waals surface area (Å²) < 4.78 is 1.45. The molecule has 0 heterocycles. The van der Waals surface area contributed by atoms with E-state index in [2.05, 4.69) is 68.3 Å². The smallest absolute Gasteiger partial charge is 0.296 e. The summed E-state index contributed by atoms with van der Waals surface area (Å²) in [5, 5.41) is 0. The first-order valence-corrected chi connectivity index (χ1v) is 9.62. The molecular weight excluding hydrogens is 260 g/mol. The van der Waals surface area contributed by atoms with Gasteiger partial charge in [-0.2, -0.15) is 3.69 Å². The molecule has 0 aliphatic rings. The lowest BCUT2D eigenvalue weighted by atomic mass is 10.0. The molecule has 15 heavy (non-hydrogen) atoms. The first-order chi connectivity index (χ1) is 7.29. The Morgan fingerprint density at radius 3 is 1.73 bits per heavy atom. The molecule has 2 aromatic rings. The average molecular weight is 271 g/mol. The minimum absolute atomic E-state index is 0.199. The van der Waals surface area contributed by atoms with Crippen molar-refractivity contribution in [1.29, 1.82) is 0 Å². The summed E-state index contributed by atoms with van der Waals surface area (Å²) in [6.45, 7) is 2.11. The van der Waals surface area contributed by atoms with Crippen molar-refractivity contribution in [3.63, 3.8) is 0 Å². The zero-order chi connectivity index (χ0) is 10.7. The Kier molecular flexibility index (Phi) is 3.84. The van der Waals surface area contributed by atoms with Crippen LogP contribution in [0, 0.1) is 6.92 Å². The van der Waals surface area contributed by atoms with E-state index in [1.54, 1.807) is 0 Å². The summed E-state index contributed by atoms with van der Waals surface area (Å²) in [4.78, 5) is 0. The van der Waals surface area contributed by atoms with Crippen molar-refractivity contribution < 1.29 is 0 Å². The van der Waals surface area contributed by atoms with E-state index < -0.39 is 0 Å². The molecule has 0 spiro atoms. The molecule has 0 N–H and O–H groups in total. The molecule has 0 aromatic heterocycles. The van der Waals surface area contributed by atoms with Gasteiger partial charge in [0.1, 0.15) is 0 Å². The van der Waals surface area contributed by atoms with Crippen LogP contribution in [0.3, 0.4) is 0 Å². The van der Waals surface area contributed by atoms with Crippen molar-refractivity contribution in [3.05, 3.63) is 54.1 Å². The minimum Gasteiger partial charge on any atom is -0.296 e. The maximum atomic E-state index is 3.59. The van der Waals surface area contributed by atoms with Crippen molar-refractivity contribution in [2.75, 3.05) is 0 Å². The van der Waals surface area contributed by atoms with Gasteiger partial charge < -0.3 is 0 Å². The van der Waals surface area contributed by atoms with E-state index >= 15 is 0 Å². The molecular formula is C13H11BrMg. The third-order valence-electron chi connectivity index (χ3n) is 2.49. The molecule has 0 fully saturated rings. The van der Waals surface area contributed by atoms with Gasteiger partial charge in [-0.1, -0.05) is 54.1 Å². The molecule has 72 valence electrons. The monoisotopic (exact) mass is 270 g/mol. The number of hydrogen-bond acceptors (Lipinski definition) is 0. The first kappa shape index (κ1) is 11.2. The van der Waals surface area contributed by atoms with Crippen molar-refractivity contribution in [1.82, 2.24) is 0 Å². The Balaban J connectivity index is 2.33. The largest absolute Gasteiger partial charge is 0.506 e. The zero-order valence-corrected chi connectivity index (χ0v) is 11.7. The number of hydrogen-bond donors (Lipinski definition) is 0. The summed E-state index contributed by atoms with van der Waals surface area (Å²) in [6.07, 6.45) is 0. The minimum atomic E-state index is -0.199. The van der Waals surface area contributed by atoms with Gasteiger partial charge in [0.15, 0.2) is 0 Å². The molecule has 0 amide bonds. The lowest BCUT2D eigenvalue weighted by Crippen LogP contribution is -2.06. The van der Waals surface area contributed by atoms with Gasteiger partial charge in [0.05, 0.1) is 0 Å². The van der Waals surface area contributed by atoms with E-state index in [9.17, 15) is 0 Å². The standard InChI is InChI=1S/C13H11.BrH.Mg/c1-11-7-9-13(10-8-11)12-5-3-2-4-6-12;;/h3-10H,1H3;1H;/q;;+1/p-1. The van der Waals surface area contributed by atoms with E-state index in [1.807, 2.05) is 0 Å². The highest BCUT2D eigenvalue weighted by atomic mass is 79.9. The fourth-order valence-corrected chi connectivity index (χ4v) is 3.07. The normalized spacial score (nSPS) is 9.73. The SMILES string of the molecule is Cc1ccc(-c2cc[c]([Mg][Br])cc2)cc1. The Morgan fingerprint density at radius 2 is 1.27 bits per heavy atom.